The Kier molecular flexibility index (Phi) is 5.67. The molecule has 0 aliphatic rings. The van der Waals surface area contributed by atoms with Crippen LogP contribution in [0.15, 0.2) is 112 Å². The summed E-state index contributed by atoms with van der Waals surface area (Å²) in [6.45, 7) is 1.96. The Hall–Kier alpha value is -4.64. The molecule has 0 saturated carbocycles. The summed E-state index contributed by atoms with van der Waals surface area (Å²) in [6, 6.07) is 32.1. The standard InChI is InChI=1S/C29H22N2O3/c1-19-25(24-18-17-23(29(33)34-24)31-28(32)22-15-9-4-10-16-22)26(20-11-5-2-6-12-20)27(30-19)21-13-7-3-8-14-21/h2-18,30H,1H3,(H,31,32). The number of carbonyl (C=O) groups is 1. The van der Waals surface area contributed by atoms with Crippen LogP contribution in [0.5, 0.6) is 0 Å². The number of amides is 1. The third-order valence-electron chi connectivity index (χ3n) is 5.67. The number of hydrogen-bond donors (Lipinski definition) is 2. The highest BCUT2D eigenvalue weighted by atomic mass is 16.4. The molecule has 0 saturated heterocycles. The van der Waals surface area contributed by atoms with Gasteiger partial charge in [-0.2, -0.15) is 0 Å². The largest absolute Gasteiger partial charge is 0.421 e. The molecule has 3 aromatic carbocycles. The number of aromatic amines is 1. The van der Waals surface area contributed by atoms with Gasteiger partial charge in [0.1, 0.15) is 11.4 Å². The molecular weight excluding hydrogens is 424 g/mol. The number of rotatable bonds is 5. The molecule has 0 fully saturated rings. The molecule has 5 nitrogen and oxygen atoms in total. The fourth-order valence-electron chi connectivity index (χ4n) is 4.07. The lowest BCUT2D eigenvalue weighted by atomic mass is 9.95. The second kappa shape index (κ2) is 9.08. The molecule has 5 rings (SSSR count). The topological polar surface area (TPSA) is 75.1 Å². The Bertz CT molecular complexity index is 1500. The third-order valence-corrected chi connectivity index (χ3v) is 5.67. The van der Waals surface area contributed by atoms with Crippen molar-refractivity contribution in [2.45, 2.75) is 6.92 Å². The van der Waals surface area contributed by atoms with Crippen molar-refractivity contribution >= 4 is 11.6 Å². The maximum Gasteiger partial charge on any atom is 0.360 e. The average Bonchev–Trinajstić information content (AvgIpc) is 3.24. The van der Waals surface area contributed by atoms with Gasteiger partial charge in [-0.15, -0.1) is 0 Å². The molecule has 0 radical (unpaired) electrons. The monoisotopic (exact) mass is 446 g/mol. The normalized spacial score (nSPS) is 10.7. The maximum atomic E-state index is 12.8. The predicted octanol–water partition coefficient (Wildman–Crippen LogP) is 6.53. The first-order chi connectivity index (χ1) is 16.6. The van der Waals surface area contributed by atoms with Crippen molar-refractivity contribution in [1.29, 1.82) is 0 Å². The molecule has 1 amide bonds. The van der Waals surface area contributed by atoms with Gasteiger partial charge in [0.25, 0.3) is 5.91 Å². The lowest BCUT2D eigenvalue weighted by molar-refractivity contribution is 0.102. The summed E-state index contributed by atoms with van der Waals surface area (Å²) in [4.78, 5) is 28.8. The molecule has 0 atom stereocenters. The van der Waals surface area contributed by atoms with E-state index in [1.807, 2.05) is 73.7 Å². The first-order valence-corrected chi connectivity index (χ1v) is 11.0. The van der Waals surface area contributed by atoms with Gasteiger partial charge < -0.3 is 14.7 Å². The molecule has 2 heterocycles. The van der Waals surface area contributed by atoms with Crippen LogP contribution >= 0.6 is 0 Å². The third kappa shape index (κ3) is 4.07. The van der Waals surface area contributed by atoms with Gasteiger partial charge in [-0.1, -0.05) is 78.9 Å². The van der Waals surface area contributed by atoms with E-state index in [9.17, 15) is 9.59 Å². The van der Waals surface area contributed by atoms with Gasteiger partial charge >= 0.3 is 5.63 Å². The number of nitrogens with one attached hydrogen (secondary N) is 2. The number of aryl methyl sites for hydroxylation is 1. The summed E-state index contributed by atoms with van der Waals surface area (Å²) in [5.41, 5.74) is 5.57. The van der Waals surface area contributed by atoms with E-state index in [4.69, 9.17) is 4.42 Å². The summed E-state index contributed by atoms with van der Waals surface area (Å²) in [6.07, 6.45) is 0. The van der Waals surface area contributed by atoms with Crippen LogP contribution in [0, 0.1) is 6.92 Å². The Morgan fingerprint density at radius 2 is 1.32 bits per heavy atom. The van der Waals surface area contributed by atoms with Gasteiger partial charge in [-0.3, -0.25) is 4.79 Å². The van der Waals surface area contributed by atoms with E-state index in [1.54, 1.807) is 36.4 Å². The Morgan fingerprint density at radius 3 is 1.94 bits per heavy atom. The molecule has 0 spiro atoms. The minimum atomic E-state index is -0.609. The number of benzene rings is 3. The van der Waals surface area contributed by atoms with Gasteiger partial charge in [-0.05, 0) is 42.3 Å². The second-order valence-corrected chi connectivity index (χ2v) is 7.93. The van der Waals surface area contributed by atoms with E-state index in [0.29, 0.717) is 11.3 Å². The lowest BCUT2D eigenvalue weighted by Crippen LogP contribution is -2.17. The van der Waals surface area contributed by atoms with E-state index < -0.39 is 5.63 Å². The predicted molar refractivity (Wildman–Crippen MR) is 135 cm³/mol. The molecule has 0 unspecified atom stereocenters. The van der Waals surface area contributed by atoms with Crippen LogP contribution in [0.4, 0.5) is 5.69 Å². The fraction of sp³-hybridized carbons (Fsp3) is 0.0345. The number of anilines is 1. The first-order valence-electron chi connectivity index (χ1n) is 11.0. The molecule has 5 heteroatoms. The van der Waals surface area contributed by atoms with Gasteiger partial charge in [0.05, 0.1) is 5.69 Å². The Balaban J connectivity index is 1.59. The van der Waals surface area contributed by atoms with Gasteiger partial charge in [0, 0.05) is 22.4 Å². The van der Waals surface area contributed by atoms with Crippen LogP contribution in [-0.2, 0) is 0 Å². The molecule has 34 heavy (non-hydrogen) atoms. The Labute approximate surface area is 196 Å². The smallest absolute Gasteiger partial charge is 0.360 e. The van der Waals surface area contributed by atoms with Crippen molar-refractivity contribution in [3.05, 3.63) is 125 Å². The zero-order chi connectivity index (χ0) is 23.5. The number of hydrogen-bond acceptors (Lipinski definition) is 3. The molecule has 0 aliphatic heterocycles. The van der Waals surface area contributed by atoms with Crippen molar-refractivity contribution in [3.8, 4) is 33.7 Å². The van der Waals surface area contributed by atoms with E-state index in [0.717, 1.165) is 33.6 Å². The van der Waals surface area contributed by atoms with Crippen molar-refractivity contribution in [1.82, 2.24) is 4.98 Å². The highest BCUT2D eigenvalue weighted by molar-refractivity contribution is 6.04. The number of aromatic nitrogens is 1. The summed E-state index contributed by atoms with van der Waals surface area (Å²) in [5.74, 6) is 0.0623. The highest BCUT2D eigenvalue weighted by Crippen LogP contribution is 2.42. The van der Waals surface area contributed by atoms with Crippen LogP contribution < -0.4 is 10.9 Å². The highest BCUT2D eigenvalue weighted by Gasteiger charge is 2.22. The van der Waals surface area contributed by atoms with Gasteiger partial charge in [0.2, 0.25) is 0 Å². The molecule has 0 aliphatic carbocycles. The van der Waals surface area contributed by atoms with Crippen LogP contribution in [-0.4, -0.2) is 10.9 Å². The summed E-state index contributed by atoms with van der Waals surface area (Å²) in [5, 5.41) is 2.64. The van der Waals surface area contributed by atoms with Crippen LogP contribution in [0.1, 0.15) is 16.1 Å². The average molecular weight is 447 g/mol. The summed E-state index contributed by atoms with van der Waals surface area (Å²) >= 11 is 0. The quantitative estimate of drug-likeness (QED) is 0.322. The van der Waals surface area contributed by atoms with E-state index in [2.05, 4.69) is 10.3 Å². The molecule has 2 N–H and O–H groups in total. The zero-order valence-corrected chi connectivity index (χ0v) is 18.5. The van der Waals surface area contributed by atoms with Crippen LogP contribution in [0.25, 0.3) is 33.7 Å². The van der Waals surface area contributed by atoms with Crippen molar-refractivity contribution in [2.24, 2.45) is 0 Å². The van der Waals surface area contributed by atoms with Gasteiger partial charge in [-0.25, -0.2) is 4.79 Å². The molecular formula is C29H22N2O3. The number of carbonyl (C=O) groups excluding carboxylic acids is 1. The SMILES string of the molecule is Cc1[nH]c(-c2ccccc2)c(-c2ccccc2)c1-c1ccc(NC(=O)c2ccccc2)c(=O)o1. The lowest BCUT2D eigenvalue weighted by Gasteiger charge is -2.09. The molecule has 0 bridgehead atoms. The second-order valence-electron chi connectivity index (χ2n) is 7.93. The van der Waals surface area contributed by atoms with Gasteiger partial charge in [0.15, 0.2) is 0 Å². The van der Waals surface area contributed by atoms with Crippen molar-refractivity contribution < 1.29 is 9.21 Å². The molecule has 5 aromatic rings. The van der Waals surface area contributed by atoms with E-state index in [-0.39, 0.29) is 11.6 Å². The molecule has 2 aromatic heterocycles. The first kappa shape index (κ1) is 21.2. The fourth-order valence-corrected chi connectivity index (χ4v) is 4.07. The Morgan fingerprint density at radius 1 is 0.735 bits per heavy atom. The van der Waals surface area contributed by atoms with Crippen LogP contribution in [0.3, 0.4) is 0 Å². The molecule has 166 valence electrons. The van der Waals surface area contributed by atoms with Crippen LogP contribution in [0.2, 0.25) is 0 Å². The summed E-state index contributed by atoms with van der Waals surface area (Å²) in [7, 11) is 0. The minimum Gasteiger partial charge on any atom is -0.421 e. The van der Waals surface area contributed by atoms with E-state index >= 15 is 0 Å². The zero-order valence-electron chi connectivity index (χ0n) is 18.5. The van der Waals surface area contributed by atoms with Crippen molar-refractivity contribution in [2.75, 3.05) is 5.32 Å². The number of H-pyrrole nitrogens is 1. The summed E-state index contributed by atoms with van der Waals surface area (Å²) < 4.78 is 5.73. The maximum absolute atomic E-state index is 12.8. The minimum absolute atomic E-state index is 0.0929. The van der Waals surface area contributed by atoms with Crippen molar-refractivity contribution in [3.63, 3.8) is 0 Å². The van der Waals surface area contributed by atoms with E-state index in [1.165, 1.54) is 0 Å².